The third-order valence-corrected chi connectivity index (χ3v) is 3.17. The van der Waals surface area contributed by atoms with E-state index < -0.39 is 11.5 Å². The highest BCUT2D eigenvalue weighted by molar-refractivity contribution is 5.77. The second-order valence-electron chi connectivity index (χ2n) is 5.53. The number of carbonyl (C=O) groups is 1. The molecule has 4 nitrogen and oxygen atoms in total. The molecule has 0 aliphatic carbocycles. The number of carboxylic acids is 1. The van der Waals surface area contributed by atoms with Gasteiger partial charge in [-0.2, -0.15) is 0 Å². The molecule has 0 amide bonds. The lowest BCUT2D eigenvalue weighted by Crippen LogP contribution is -2.47. The van der Waals surface area contributed by atoms with Gasteiger partial charge in [-0.1, -0.05) is 12.1 Å². The van der Waals surface area contributed by atoms with E-state index >= 15 is 0 Å². The van der Waals surface area contributed by atoms with Gasteiger partial charge in [0, 0.05) is 6.54 Å². The van der Waals surface area contributed by atoms with Crippen LogP contribution >= 0.6 is 0 Å². The minimum atomic E-state index is -0.894. The lowest BCUT2D eigenvalue weighted by molar-refractivity contribution is -0.148. The van der Waals surface area contributed by atoms with Crippen LogP contribution < -0.4 is 4.74 Å². The summed E-state index contributed by atoms with van der Waals surface area (Å²) in [6, 6.07) is 7.76. The largest absolute Gasteiger partial charge is 0.491 e. The molecule has 0 atom stereocenters. The van der Waals surface area contributed by atoms with E-state index in [1.165, 1.54) is 0 Å². The molecule has 0 aromatic heterocycles. The Morgan fingerprint density at radius 3 is 2.58 bits per heavy atom. The summed E-state index contributed by atoms with van der Waals surface area (Å²) in [5, 5.41) is 9.20. The number of carboxylic acid groups (broad SMARTS) is 1. The van der Waals surface area contributed by atoms with Crippen LogP contribution in [0.3, 0.4) is 0 Å². The van der Waals surface area contributed by atoms with Crippen LogP contribution in [-0.2, 0) is 11.3 Å². The predicted molar refractivity (Wildman–Crippen MR) is 75.4 cm³/mol. The number of likely N-dealkylation sites (N-methyl/N-ethyl adjacent to an activating group) is 1. The Morgan fingerprint density at radius 1 is 1.42 bits per heavy atom. The minimum absolute atomic E-state index is 0.128. The Morgan fingerprint density at radius 2 is 2.05 bits per heavy atom. The van der Waals surface area contributed by atoms with Gasteiger partial charge < -0.3 is 9.84 Å². The van der Waals surface area contributed by atoms with Gasteiger partial charge in [-0.3, -0.25) is 9.69 Å². The predicted octanol–water partition coefficient (Wildman–Crippen LogP) is 2.77. The summed E-state index contributed by atoms with van der Waals surface area (Å²) >= 11 is 0. The van der Waals surface area contributed by atoms with Crippen LogP contribution in [-0.4, -0.2) is 34.7 Å². The number of ether oxygens (including phenoxy) is 1. The van der Waals surface area contributed by atoms with Gasteiger partial charge in [0.05, 0.1) is 6.10 Å². The van der Waals surface area contributed by atoms with E-state index in [9.17, 15) is 9.90 Å². The van der Waals surface area contributed by atoms with Crippen LogP contribution in [0.5, 0.6) is 5.75 Å². The molecule has 1 aromatic rings. The molecule has 0 unspecified atom stereocenters. The maximum Gasteiger partial charge on any atom is 0.323 e. The van der Waals surface area contributed by atoms with E-state index in [-0.39, 0.29) is 6.10 Å². The first kappa shape index (κ1) is 15.5. The SMILES string of the molecule is CC(C)Oc1cccc(CN(C)C(C)(C)C(=O)O)c1. The molecular formula is C15H23NO3. The molecule has 0 aliphatic rings. The Kier molecular flexibility index (Phi) is 4.95. The van der Waals surface area contributed by atoms with Crippen molar-refractivity contribution in [3.63, 3.8) is 0 Å². The molecule has 1 N–H and O–H groups in total. The van der Waals surface area contributed by atoms with Crippen molar-refractivity contribution in [2.45, 2.75) is 45.9 Å². The average Bonchev–Trinajstić information content (AvgIpc) is 2.28. The summed E-state index contributed by atoms with van der Waals surface area (Å²) in [7, 11) is 1.81. The van der Waals surface area contributed by atoms with Crippen molar-refractivity contribution in [3.8, 4) is 5.75 Å². The molecule has 0 saturated heterocycles. The van der Waals surface area contributed by atoms with Gasteiger partial charge in [0.2, 0.25) is 0 Å². The Balaban J connectivity index is 2.80. The molecule has 0 spiro atoms. The normalized spacial score (nSPS) is 11.9. The van der Waals surface area contributed by atoms with Gasteiger partial charge in [0.15, 0.2) is 0 Å². The van der Waals surface area contributed by atoms with Gasteiger partial charge >= 0.3 is 5.97 Å². The van der Waals surface area contributed by atoms with Gasteiger partial charge in [0.1, 0.15) is 11.3 Å². The standard InChI is InChI=1S/C15H23NO3/c1-11(2)19-13-8-6-7-12(9-13)10-16(5)15(3,4)14(17)18/h6-9,11H,10H2,1-5H3,(H,17,18). The Hall–Kier alpha value is -1.55. The van der Waals surface area contributed by atoms with Crippen LogP contribution in [0, 0.1) is 0 Å². The van der Waals surface area contributed by atoms with Crippen molar-refractivity contribution >= 4 is 5.97 Å². The van der Waals surface area contributed by atoms with Crippen LogP contribution in [0.1, 0.15) is 33.3 Å². The molecule has 106 valence electrons. The van der Waals surface area contributed by atoms with Crippen molar-refractivity contribution in [1.82, 2.24) is 4.90 Å². The zero-order valence-electron chi connectivity index (χ0n) is 12.3. The molecule has 19 heavy (non-hydrogen) atoms. The van der Waals surface area contributed by atoms with Crippen molar-refractivity contribution < 1.29 is 14.6 Å². The fourth-order valence-electron chi connectivity index (χ4n) is 1.62. The van der Waals surface area contributed by atoms with E-state index in [0.717, 1.165) is 11.3 Å². The number of nitrogens with zero attached hydrogens (tertiary/aromatic N) is 1. The van der Waals surface area contributed by atoms with Crippen molar-refractivity contribution in [2.24, 2.45) is 0 Å². The highest BCUT2D eigenvalue weighted by Crippen LogP contribution is 2.20. The van der Waals surface area contributed by atoms with E-state index in [4.69, 9.17) is 4.74 Å². The van der Waals surface area contributed by atoms with Crippen LogP contribution in [0.2, 0.25) is 0 Å². The summed E-state index contributed by atoms with van der Waals surface area (Å²) < 4.78 is 5.63. The Labute approximate surface area is 115 Å². The summed E-state index contributed by atoms with van der Waals surface area (Å²) in [5.41, 5.74) is 0.143. The molecule has 0 saturated carbocycles. The molecule has 0 heterocycles. The number of benzene rings is 1. The van der Waals surface area contributed by atoms with E-state index in [2.05, 4.69) is 0 Å². The second-order valence-corrected chi connectivity index (χ2v) is 5.53. The third-order valence-electron chi connectivity index (χ3n) is 3.17. The fourth-order valence-corrected chi connectivity index (χ4v) is 1.62. The maximum absolute atomic E-state index is 11.2. The summed E-state index contributed by atoms with van der Waals surface area (Å²) in [4.78, 5) is 13.0. The molecular weight excluding hydrogens is 242 g/mol. The van der Waals surface area contributed by atoms with Crippen molar-refractivity contribution in [2.75, 3.05) is 7.05 Å². The molecule has 0 fully saturated rings. The van der Waals surface area contributed by atoms with Crippen molar-refractivity contribution in [3.05, 3.63) is 29.8 Å². The Bertz CT molecular complexity index is 441. The van der Waals surface area contributed by atoms with E-state index in [1.54, 1.807) is 13.8 Å². The highest BCUT2D eigenvalue weighted by atomic mass is 16.5. The highest BCUT2D eigenvalue weighted by Gasteiger charge is 2.31. The monoisotopic (exact) mass is 265 g/mol. The first-order valence-electron chi connectivity index (χ1n) is 6.43. The number of aliphatic carboxylic acids is 1. The number of hydrogen-bond acceptors (Lipinski definition) is 3. The van der Waals surface area contributed by atoms with Crippen molar-refractivity contribution in [1.29, 1.82) is 0 Å². The molecule has 4 heteroatoms. The lowest BCUT2D eigenvalue weighted by Gasteiger charge is -2.31. The summed E-state index contributed by atoms with van der Waals surface area (Å²) in [6.45, 7) is 7.92. The molecule has 1 rings (SSSR count). The average molecular weight is 265 g/mol. The molecule has 1 aromatic carbocycles. The first-order valence-corrected chi connectivity index (χ1v) is 6.43. The zero-order valence-corrected chi connectivity index (χ0v) is 12.3. The van der Waals surface area contributed by atoms with Gasteiger partial charge in [0.25, 0.3) is 0 Å². The fraction of sp³-hybridized carbons (Fsp3) is 0.533. The van der Waals surface area contributed by atoms with Crippen LogP contribution in [0.4, 0.5) is 0 Å². The molecule has 0 aliphatic heterocycles. The van der Waals surface area contributed by atoms with Gasteiger partial charge in [-0.15, -0.1) is 0 Å². The van der Waals surface area contributed by atoms with Gasteiger partial charge in [-0.05, 0) is 52.4 Å². The van der Waals surface area contributed by atoms with E-state index in [1.807, 2.05) is 50.1 Å². The van der Waals surface area contributed by atoms with Crippen LogP contribution in [0.25, 0.3) is 0 Å². The summed E-state index contributed by atoms with van der Waals surface area (Å²) in [5.74, 6) is -0.0152. The smallest absolute Gasteiger partial charge is 0.323 e. The molecule has 0 radical (unpaired) electrons. The third kappa shape index (κ3) is 4.24. The maximum atomic E-state index is 11.2. The summed E-state index contributed by atoms with van der Waals surface area (Å²) in [6.07, 6.45) is 0.128. The topological polar surface area (TPSA) is 49.8 Å². The zero-order chi connectivity index (χ0) is 14.6. The number of hydrogen-bond donors (Lipinski definition) is 1. The van der Waals surface area contributed by atoms with Gasteiger partial charge in [-0.25, -0.2) is 0 Å². The first-order chi connectivity index (χ1) is 8.73. The minimum Gasteiger partial charge on any atom is -0.491 e. The second kappa shape index (κ2) is 6.06. The quantitative estimate of drug-likeness (QED) is 0.859. The van der Waals surface area contributed by atoms with Crippen LogP contribution in [0.15, 0.2) is 24.3 Å². The number of rotatable bonds is 6. The lowest BCUT2D eigenvalue weighted by atomic mass is 10.0. The molecule has 0 bridgehead atoms. The van der Waals surface area contributed by atoms with E-state index in [0.29, 0.717) is 6.54 Å².